The molecular weight excluding hydrogens is 408 g/mol. The van der Waals surface area contributed by atoms with E-state index in [9.17, 15) is 9.90 Å². The van der Waals surface area contributed by atoms with Gasteiger partial charge in [-0.25, -0.2) is 4.98 Å². The Bertz CT molecular complexity index is 1200. The number of hydrogen-bond acceptors (Lipinski definition) is 6. The molecule has 1 amide bonds. The van der Waals surface area contributed by atoms with Gasteiger partial charge in [0.25, 0.3) is 5.91 Å². The van der Waals surface area contributed by atoms with Gasteiger partial charge in [0.05, 0.1) is 6.21 Å². The highest BCUT2D eigenvalue weighted by atomic mass is 32.1. The zero-order chi connectivity index (χ0) is 21.6. The summed E-state index contributed by atoms with van der Waals surface area (Å²) in [5, 5.41) is 17.8. The number of aryl methyl sites for hydroxylation is 1. The molecule has 0 aliphatic heterocycles. The Morgan fingerprint density at radius 1 is 1.00 bits per heavy atom. The lowest BCUT2D eigenvalue weighted by Crippen LogP contribution is -2.11. The SMILES string of the molecule is Cc1ccc(-c2nc(N/N=C/c3ccc(O)cc3)sc2NC(=O)c2ccccc2)cc1. The molecule has 0 radical (unpaired) electrons. The lowest BCUT2D eigenvalue weighted by Gasteiger charge is -2.05. The lowest BCUT2D eigenvalue weighted by molar-refractivity contribution is 0.102. The van der Waals surface area contributed by atoms with Crippen molar-refractivity contribution in [3.63, 3.8) is 0 Å². The van der Waals surface area contributed by atoms with Crippen LogP contribution in [0.5, 0.6) is 5.75 Å². The number of carbonyl (C=O) groups excluding carboxylic acids is 1. The van der Waals surface area contributed by atoms with Gasteiger partial charge in [-0.15, -0.1) is 0 Å². The topological polar surface area (TPSA) is 86.6 Å². The van der Waals surface area contributed by atoms with E-state index in [1.807, 2.05) is 49.4 Å². The predicted octanol–water partition coefficient (Wildman–Crippen LogP) is 5.52. The van der Waals surface area contributed by atoms with E-state index in [2.05, 4.69) is 20.8 Å². The molecule has 1 aromatic heterocycles. The number of rotatable bonds is 6. The number of nitrogens with one attached hydrogen (secondary N) is 2. The fourth-order valence-electron chi connectivity index (χ4n) is 2.85. The van der Waals surface area contributed by atoms with Crippen LogP contribution in [0.3, 0.4) is 0 Å². The molecule has 0 saturated heterocycles. The summed E-state index contributed by atoms with van der Waals surface area (Å²) in [6.45, 7) is 2.02. The molecule has 0 saturated carbocycles. The van der Waals surface area contributed by atoms with E-state index < -0.39 is 0 Å². The van der Waals surface area contributed by atoms with Crippen molar-refractivity contribution in [2.24, 2.45) is 5.10 Å². The van der Waals surface area contributed by atoms with E-state index in [1.54, 1.807) is 42.6 Å². The van der Waals surface area contributed by atoms with E-state index in [1.165, 1.54) is 11.3 Å². The number of phenolic OH excluding ortho intramolecular Hbond substituents is 1. The predicted molar refractivity (Wildman–Crippen MR) is 126 cm³/mol. The Kier molecular flexibility index (Phi) is 6.05. The molecule has 0 aliphatic rings. The maximum atomic E-state index is 12.7. The third-order valence-electron chi connectivity index (χ3n) is 4.48. The third-order valence-corrected chi connectivity index (χ3v) is 5.36. The fraction of sp³-hybridized carbons (Fsp3) is 0.0417. The molecule has 0 bridgehead atoms. The number of hydrazone groups is 1. The van der Waals surface area contributed by atoms with Gasteiger partial charge in [-0.3, -0.25) is 10.2 Å². The first kappa shape index (κ1) is 20.3. The van der Waals surface area contributed by atoms with Crippen LogP contribution >= 0.6 is 11.3 Å². The van der Waals surface area contributed by atoms with Gasteiger partial charge in [0.15, 0.2) is 0 Å². The Hall–Kier alpha value is -3.97. The molecule has 3 N–H and O–H groups in total. The number of thiazole rings is 1. The molecule has 1 heterocycles. The number of anilines is 2. The van der Waals surface area contributed by atoms with Crippen LogP contribution in [0.4, 0.5) is 10.1 Å². The van der Waals surface area contributed by atoms with Gasteiger partial charge in [-0.1, -0.05) is 59.4 Å². The second-order valence-corrected chi connectivity index (χ2v) is 7.84. The summed E-state index contributed by atoms with van der Waals surface area (Å²) in [7, 11) is 0. The molecule has 0 fully saturated rings. The molecule has 7 heteroatoms. The Morgan fingerprint density at radius 3 is 2.42 bits per heavy atom. The maximum absolute atomic E-state index is 12.7. The van der Waals surface area contributed by atoms with Crippen molar-refractivity contribution in [2.45, 2.75) is 6.92 Å². The minimum Gasteiger partial charge on any atom is -0.508 e. The molecule has 3 aromatic carbocycles. The average Bonchev–Trinajstić information content (AvgIpc) is 3.18. The van der Waals surface area contributed by atoms with E-state index in [0.717, 1.165) is 16.7 Å². The van der Waals surface area contributed by atoms with Gasteiger partial charge in [0.1, 0.15) is 16.4 Å². The van der Waals surface area contributed by atoms with E-state index in [4.69, 9.17) is 0 Å². The maximum Gasteiger partial charge on any atom is 0.256 e. The summed E-state index contributed by atoms with van der Waals surface area (Å²) < 4.78 is 0. The number of aromatic hydroxyl groups is 1. The lowest BCUT2D eigenvalue weighted by atomic mass is 10.1. The van der Waals surface area contributed by atoms with E-state index >= 15 is 0 Å². The van der Waals surface area contributed by atoms with Crippen LogP contribution in [0, 0.1) is 6.92 Å². The highest BCUT2D eigenvalue weighted by Gasteiger charge is 2.16. The molecule has 0 unspecified atom stereocenters. The Balaban J connectivity index is 1.59. The molecule has 0 aliphatic carbocycles. The highest BCUT2D eigenvalue weighted by Crippen LogP contribution is 2.36. The van der Waals surface area contributed by atoms with Crippen molar-refractivity contribution in [3.05, 3.63) is 95.6 Å². The van der Waals surface area contributed by atoms with Crippen LogP contribution in [0.25, 0.3) is 11.3 Å². The Labute approximate surface area is 183 Å². The van der Waals surface area contributed by atoms with Gasteiger partial charge < -0.3 is 10.4 Å². The summed E-state index contributed by atoms with van der Waals surface area (Å²) >= 11 is 1.31. The van der Waals surface area contributed by atoms with E-state index in [0.29, 0.717) is 21.4 Å². The number of amides is 1. The van der Waals surface area contributed by atoms with Crippen LogP contribution in [-0.2, 0) is 0 Å². The minimum atomic E-state index is -0.197. The summed E-state index contributed by atoms with van der Waals surface area (Å²) in [6.07, 6.45) is 1.63. The minimum absolute atomic E-state index is 0.197. The first-order valence-corrected chi connectivity index (χ1v) is 10.4. The molecular formula is C24H20N4O2S. The number of phenols is 1. The second kappa shape index (κ2) is 9.23. The van der Waals surface area contributed by atoms with Crippen LogP contribution in [0.1, 0.15) is 21.5 Å². The Morgan fingerprint density at radius 2 is 1.71 bits per heavy atom. The van der Waals surface area contributed by atoms with Gasteiger partial charge in [0.2, 0.25) is 5.13 Å². The zero-order valence-corrected chi connectivity index (χ0v) is 17.6. The number of aromatic nitrogens is 1. The monoisotopic (exact) mass is 428 g/mol. The molecule has 154 valence electrons. The van der Waals surface area contributed by atoms with Crippen molar-refractivity contribution >= 4 is 33.6 Å². The number of hydrogen-bond donors (Lipinski definition) is 3. The smallest absolute Gasteiger partial charge is 0.256 e. The number of nitrogens with zero attached hydrogens (tertiary/aromatic N) is 2. The standard InChI is InChI=1S/C24H20N4O2S/c1-16-7-11-18(12-8-16)21-23(27-22(30)19-5-3-2-4-6-19)31-24(26-21)28-25-15-17-9-13-20(29)14-10-17/h2-15,29H,1H3,(H,26,28)(H,27,30)/b25-15+. The number of carbonyl (C=O) groups is 1. The molecule has 4 rings (SSSR count). The summed E-state index contributed by atoms with van der Waals surface area (Å²) in [4.78, 5) is 17.3. The van der Waals surface area contributed by atoms with Crippen molar-refractivity contribution in [1.82, 2.24) is 4.98 Å². The van der Waals surface area contributed by atoms with Gasteiger partial charge in [-0.05, 0) is 48.9 Å². The average molecular weight is 429 g/mol. The molecule has 31 heavy (non-hydrogen) atoms. The summed E-state index contributed by atoms with van der Waals surface area (Å²) in [6, 6.07) is 23.7. The first-order chi connectivity index (χ1) is 15.1. The first-order valence-electron chi connectivity index (χ1n) is 9.61. The van der Waals surface area contributed by atoms with Crippen LogP contribution < -0.4 is 10.7 Å². The van der Waals surface area contributed by atoms with Gasteiger partial charge >= 0.3 is 0 Å². The van der Waals surface area contributed by atoms with Crippen molar-refractivity contribution in [2.75, 3.05) is 10.7 Å². The largest absolute Gasteiger partial charge is 0.508 e. The summed E-state index contributed by atoms with van der Waals surface area (Å²) in [5.41, 5.74) is 7.06. The third kappa shape index (κ3) is 5.15. The highest BCUT2D eigenvalue weighted by molar-refractivity contribution is 7.20. The second-order valence-electron chi connectivity index (χ2n) is 6.84. The van der Waals surface area contributed by atoms with Gasteiger partial charge in [-0.2, -0.15) is 5.10 Å². The van der Waals surface area contributed by atoms with Crippen LogP contribution in [0.15, 0.2) is 84.0 Å². The fourth-order valence-corrected chi connectivity index (χ4v) is 3.68. The van der Waals surface area contributed by atoms with Crippen molar-refractivity contribution < 1.29 is 9.90 Å². The van der Waals surface area contributed by atoms with E-state index in [-0.39, 0.29) is 11.7 Å². The molecule has 0 atom stereocenters. The van der Waals surface area contributed by atoms with Crippen LogP contribution in [0.2, 0.25) is 0 Å². The molecule has 0 spiro atoms. The number of benzene rings is 3. The van der Waals surface area contributed by atoms with Crippen LogP contribution in [-0.4, -0.2) is 22.2 Å². The normalized spacial score (nSPS) is 10.9. The zero-order valence-electron chi connectivity index (χ0n) is 16.7. The molecule has 4 aromatic rings. The van der Waals surface area contributed by atoms with Crippen molar-refractivity contribution in [3.8, 4) is 17.0 Å². The van der Waals surface area contributed by atoms with Crippen molar-refractivity contribution in [1.29, 1.82) is 0 Å². The summed E-state index contributed by atoms with van der Waals surface area (Å²) in [5.74, 6) is 0.00308. The molecule has 6 nitrogen and oxygen atoms in total. The quantitative estimate of drug-likeness (QED) is 0.279. The van der Waals surface area contributed by atoms with Gasteiger partial charge in [0, 0.05) is 11.1 Å².